The summed E-state index contributed by atoms with van der Waals surface area (Å²) in [6.45, 7) is 3.18. The van der Waals surface area contributed by atoms with Gasteiger partial charge in [0, 0.05) is 6.61 Å². The van der Waals surface area contributed by atoms with Gasteiger partial charge in [-0.25, -0.2) is 0 Å². The van der Waals surface area contributed by atoms with Crippen molar-refractivity contribution in [2.75, 3.05) is 6.61 Å². The molecule has 0 amide bonds. The fraction of sp³-hybridized carbons (Fsp3) is 1.00. The van der Waals surface area contributed by atoms with Crippen molar-refractivity contribution in [3.05, 3.63) is 0 Å². The predicted octanol–water partition coefficient (Wildman–Crippen LogP) is 3.29. The van der Waals surface area contributed by atoms with Crippen molar-refractivity contribution in [2.45, 2.75) is 76.6 Å². The van der Waals surface area contributed by atoms with E-state index in [0.29, 0.717) is 18.3 Å². The highest BCUT2D eigenvalue weighted by molar-refractivity contribution is 4.71. The molecular formula is C13H24O2. The standard InChI is InChI=1S/C13H24O2/c1-11-5-4-7-13(15-11)9-8-12-6-2-3-10-14-12/h11-13H,2-10H2,1H3/t11?,12-,13?/m1/s1. The average molecular weight is 212 g/mol. The highest BCUT2D eigenvalue weighted by atomic mass is 16.5. The molecule has 2 unspecified atom stereocenters. The van der Waals surface area contributed by atoms with Gasteiger partial charge in [0.15, 0.2) is 0 Å². The molecule has 0 radical (unpaired) electrons. The first-order valence-corrected chi connectivity index (χ1v) is 6.61. The van der Waals surface area contributed by atoms with Gasteiger partial charge in [0.25, 0.3) is 0 Å². The molecule has 2 heteroatoms. The molecule has 0 saturated carbocycles. The molecule has 0 aliphatic carbocycles. The van der Waals surface area contributed by atoms with E-state index in [1.54, 1.807) is 0 Å². The Bertz CT molecular complexity index is 175. The van der Waals surface area contributed by atoms with E-state index >= 15 is 0 Å². The van der Waals surface area contributed by atoms with Crippen molar-refractivity contribution in [3.8, 4) is 0 Å². The van der Waals surface area contributed by atoms with Crippen LogP contribution >= 0.6 is 0 Å². The van der Waals surface area contributed by atoms with Crippen molar-refractivity contribution in [2.24, 2.45) is 0 Å². The highest BCUT2D eigenvalue weighted by Gasteiger charge is 2.21. The lowest BCUT2D eigenvalue weighted by atomic mass is 9.97. The third-order valence-corrected chi connectivity index (χ3v) is 3.65. The number of hydrogen-bond acceptors (Lipinski definition) is 2. The van der Waals surface area contributed by atoms with Gasteiger partial charge in [0.1, 0.15) is 0 Å². The molecule has 2 fully saturated rings. The Hall–Kier alpha value is -0.0800. The summed E-state index contributed by atoms with van der Waals surface area (Å²) < 4.78 is 11.7. The maximum Gasteiger partial charge on any atom is 0.0579 e. The van der Waals surface area contributed by atoms with Gasteiger partial charge in [-0.1, -0.05) is 0 Å². The van der Waals surface area contributed by atoms with E-state index in [4.69, 9.17) is 9.47 Å². The number of rotatable bonds is 3. The van der Waals surface area contributed by atoms with Crippen LogP contribution in [0, 0.1) is 0 Å². The summed E-state index contributed by atoms with van der Waals surface area (Å²) in [4.78, 5) is 0. The van der Waals surface area contributed by atoms with Crippen LogP contribution in [0.15, 0.2) is 0 Å². The van der Waals surface area contributed by atoms with Crippen LogP contribution in [0.3, 0.4) is 0 Å². The van der Waals surface area contributed by atoms with Crippen molar-refractivity contribution in [1.82, 2.24) is 0 Å². The SMILES string of the molecule is CC1CCCC(CC[C@H]2CCCCO2)O1. The Labute approximate surface area is 93.3 Å². The Kier molecular flexibility index (Phi) is 4.45. The molecule has 2 aliphatic rings. The Morgan fingerprint density at radius 2 is 1.73 bits per heavy atom. The molecule has 2 aliphatic heterocycles. The zero-order valence-corrected chi connectivity index (χ0v) is 9.91. The van der Waals surface area contributed by atoms with Crippen LogP contribution in [-0.4, -0.2) is 24.9 Å². The van der Waals surface area contributed by atoms with E-state index in [9.17, 15) is 0 Å². The molecule has 0 aromatic heterocycles. The average Bonchev–Trinajstić information content (AvgIpc) is 2.28. The van der Waals surface area contributed by atoms with Crippen LogP contribution in [0.4, 0.5) is 0 Å². The van der Waals surface area contributed by atoms with Crippen LogP contribution in [-0.2, 0) is 9.47 Å². The van der Waals surface area contributed by atoms with Gasteiger partial charge in [0.2, 0.25) is 0 Å². The first kappa shape index (κ1) is 11.4. The lowest BCUT2D eigenvalue weighted by Gasteiger charge is -2.30. The largest absolute Gasteiger partial charge is 0.378 e. The molecule has 0 spiro atoms. The van der Waals surface area contributed by atoms with Crippen molar-refractivity contribution >= 4 is 0 Å². The lowest BCUT2D eigenvalue weighted by Crippen LogP contribution is -2.27. The monoisotopic (exact) mass is 212 g/mol. The van der Waals surface area contributed by atoms with E-state index in [2.05, 4.69) is 6.92 Å². The molecule has 2 saturated heterocycles. The van der Waals surface area contributed by atoms with Gasteiger partial charge in [0.05, 0.1) is 18.3 Å². The molecule has 15 heavy (non-hydrogen) atoms. The smallest absolute Gasteiger partial charge is 0.0579 e. The fourth-order valence-electron chi connectivity index (χ4n) is 2.72. The minimum absolute atomic E-state index is 0.482. The quantitative estimate of drug-likeness (QED) is 0.714. The summed E-state index contributed by atoms with van der Waals surface area (Å²) >= 11 is 0. The molecule has 2 rings (SSSR count). The molecule has 0 N–H and O–H groups in total. The van der Waals surface area contributed by atoms with Crippen molar-refractivity contribution < 1.29 is 9.47 Å². The van der Waals surface area contributed by atoms with E-state index in [1.807, 2.05) is 0 Å². The van der Waals surface area contributed by atoms with Gasteiger partial charge in [-0.2, -0.15) is 0 Å². The third kappa shape index (κ3) is 3.76. The topological polar surface area (TPSA) is 18.5 Å². The van der Waals surface area contributed by atoms with Crippen LogP contribution in [0.2, 0.25) is 0 Å². The summed E-state index contributed by atoms with van der Waals surface area (Å²) in [5.74, 6) is 0. The summed E-state index contributed by atoms with van der Waals surface area (Å²) in [5.41, 5.74) is 0. The zero-order valence-electron chi connectivity index (χ0n) is 9.91. The number of hydrogen-bond donors (Lipinski definition) is 0. The third-order valence-electron chi connectivity index (χ3n) is 3.65. The molecule has 0 aromatic rings. The molecule has 2 heterocycles. The van der Waals surface area contributed by atoms with Crippen LogP contribution in [0.1, 0.15) is 58.3 Å². The second-order valence-electron chi connectivity index (χ2n) is 5.07. The molecule has 3 atom stereocenters. The summed E-state index contributed by atoms with van der Waals surface area (Å²) in [5, 5.41) is 0. The molecular weight excluding hydrogens is 188 g/mol. The van der Waals surface area contributed by atoms with Gasteiger partial charge < -0.3 is 9.47 Å². The Morgan fingerprint density at radius 3 is 2.47 bits per heavy atom. The lowest BCUT2D eigenvalue weighted by molar-refractivity contribution is -0.0566. The maximum atomic E-state index is 5.92. The van der Waals surface area contributed by atoms with Crippen LogP contribution in [0.25, 0.3) is 0 Å². The predicted molar refractivity (Wildman–Crippen MR) is 61.0 cm³/mol. The summed E-state index contributed by atoms with van der Waals surface area (Å²) in [6.07, 6.45) is 11.7. The number of ether oxygens (including phenoxy) is 2. The van der Waals surface area contributed by atoms with Gasteiger partial charge in [-0.3, -0.25) is 0 Å². The van der Waals surface area contributed by atoms with Gasteiger partial charge >= 0.3 is 0 Å². The first-order chi connectivity index (χ1) is 7.34. The second kappa shape index (κ2) is 5.86. The van der Waals surface area contributed by atoms with E-state index in [1.165, 1.54) is 51.4 Å². The zero-order chi connectivity index (χ0) is 10.5. The van der Waals surface area contributed by atoms with Crippen LogP contribution in [0.5, 0.6) is 0 Å². The van der Waals surface area contributed by atoms with Crippen LogP contribution < -0.4 is 0 Å². The van der Waals surface area contributed by atoms with Gasteiger partial charge in [-0.15, -0.1) is 0 Å². The van der Waals surface area contributed by atoms with Crippen molar-refractivity contribution in [1.29, 1.82) is 0 Å². The fourth-order valence-corrected chi connectivity index (χ4v) is 2.72. The molecule has 2 nitrogen and oxygen atoms in total. The molecule has 0 bridgehead atoms. The highest BCUT2D eigenvalue weighted by Crippen LogP contribution is 2.24. The minimum Gasteiger partial charge on any atom is -0.378 e. The Balaban J connectivity index is 1.63. The second-order valence-corrected chi connectivity index (χ2v) is 5.07. The normalized spacial score (nSPS) is 37.8. The summed E-state index contributed by atoms with van der Waals surface area (Å²) in [7, 11) is 0. The molecule has 88 valence electrons. The van der Waals surface area contributed by atoms with E-state index < -0.39 is 0 Å². The van der Waals surface area contributed by atoms with Crippen molar-refractivity contribution in [3.63, 3.8) is 0 Å². The minimum atomic E-state index is 0.482. The van der Waals surface area contributed by atoms with E-state index in [-0.39, 0.29) is 0 Å². The van der Waals surface area contributed by atoms with Gasteiger partial charge in [-0.05, 0) is 58.3 Å². The Morgan fingerprint density at radius 1 is 0.933 bits per heavy atom. The van der Waals surface area contributed by atoms with E-state index in [0.717, 1.165) is 6.61 Å². The summed E-state index contributed by atoms with van der Waals surface area (Å²) in [6, 6.07) is 0. The molecule has 0 aromatic carbocycles. The first-order valence-electron chi connectivity index (χ1n) is 6.61. The maximum absolute atomic E-state index is 5.92.